The van der Waals surface area contributed by atoms with Gasteiger partial charge < -0.3 is 20.9 Å². The van der Waals surface area contributed by atoms with Gasteiger partial charge in [0, 0.05) is 17.1 Å². The molecule has 0 amide bonds. The molecule has 1 aromatic heterocycles. The molecule has 7 heteroatoms. The molecule has 0 aliphatic rings. The number of aliphatic carboxylic acids is 1. The Morgan fingerprint density at radius 3 is 3.10 bits per heavy atom. The molecule has 0 aliphatic heterocycles. The Morgan fingerprint density at radius 2 is 2.40 bits per heavy atom. The molecule has 0 radical (unpaired) electrons. The number of carboxylic acid groups (broad SMARTS) is 1. The molecule has 0 bridgehead atoms. The fraction of sp³-hybridized carbons (Fsp3) is 0.231. The molecule has 0 fully saturated rings. The molecule has 6 nitrogen and oxygen atoms in total. The highest BCUT2D eigenvalue weighted by Crippen LogP contribution is 2.25. The van der Waals surface area contributed by atoms with E-state index in [1.165, 1.54) is 11.3 Å². The van der Waals surface area contributed by atoms with Gasteiger partial charge in [-0.2, -0.15) is 0 Å². The van der Waals surface area contributed by atoms with E-state index in [1.54, 1.807) is 5.38 Å². The zero-order chi connectivity index (χ0) is 14.5. The molecule has 1 heterocycles. The quantitative estimate of drug-likeness (QED) is 0.756. The summed E-state index contributed by atoms with van der Waals surface area (Å²) in [6.45, 7) is 2.51. The highest BCUT2D eigenvalue weighted by atomic mass is 32.1. The standard InChI is InChI=1S/C13H15N3O3S/c1-2-19-9-5-3-4-8(6-9)15-13-16-10(7-20-13)11(14)12(17)18/h3-7,11H,2,14H2,1H3,(H,15,16)(H,17,18). The minimum absolute atomic E-state index is 0.339. The van der Waals surface area contributed by atoms with E-state index in [0.29, 0.717) is 17.4 Å². The molecular weight excluding hydrogens is 278 g/mol. The van der Waals surface area contributed by atoms with Crippen molar-refractivity contribution in [1.29, 1.82) is 0 Å². The summed E-state index contributed by atoms with van der Waals surface area (Å²) >= 11 is 1.30. The SMILES string of the molecule is CCOc1cccc(Nc2nc(C(N)C(=O)O)cs2)c1. The molecule has 2 aromatic rings. The van der Waals surface area contributed by atoms with Gasteiger partial charge in [0.1, 0.15) is 11.8 Å². The molecule has 0 aliphatic carbocycles. The van der Waals surface area contributed by atoms with Crippen molar-refractivity contribution in [1.82, 2.24) is 4.98 Å². The first kappa shape index (κ1) is 14.3. The highest BCUT2D eigenvalue weighted by molar-refractivity contribution is 7.13. The Morgan fingerprint density at radius 1 is 1.60 bits per heavy atom. The zero-order valence-corrected chi connectivity index (χ0v) is 11.7. The average Bonchev–Trinajstić information content (AvgIpc) is 2.87. The number of ether oxygens (including phenoxy) is 1. The van der Waals surface area contributed by atoms with Crippen LogP contribution in [-0.4, -0.2) is 22.7 Å². The van der Waals surface area contributed by atoms with E-state index in [2.05, 4.69) is 10.3 Å². The summed E-state index contributed by atoms with van der Waals surface area (Å²) in [5, 5.41) is 14.1. The van der Waals surface area contributed by atoms with Gasteiger partial charge >= 0.3 is 5.97 Å². The van der Waals surface area contributed by atoms with Crippen molar-refractivity contribution in [3.05, 3.63) is 35.3 Å². The molecule has 1 atom stereocenters. The van der Waals surface area contributed by atoms with Crippen LogP contribution in [0.15, 0.2) is 29.6 Å². The fourth-order valence-corrected chi connectivity index (χ4v) is 2.33. The van der Waals surface area contributed by atoms with Gasteiger partial charge in [0.25, 0.3) is 0 Å². The number of aromatic nitrogens is 1. The second-order valence-electron chi connectivity index (χ2n) is 3.98. The van der Waals surface area contributed by atoms with Crippen molar-refractivity contribution < 1.29 is 14.6 Å². The number of hydrogen-bond donors (Lipinski definition) is 3. The molecule has 20 heavy (non-hydrogen) atoms. The number of anilines is 2. The first-order chi connectivity index (χ1) is 9.60. The Kier molecular flexibility index (Phi) is 4.54. The number of hydrogen-bond acceptors (Lipinski definition) is 6. The molecule has 0 spiro atoms. The topological polar surface area (TPSA) is 97.5 Å². The first-order valence-corrected chi connectivity index (χ1v) is 6.92. The van der Waals surface area contributed by atoms with Crippen molar-refractivity contribution in [3.63, 3.8) is 0 Å². The molecular formula is C13H15N3O3S. The van der Waals surface area contributed by atoms with Gasteiger partial charge in [-0.25, -0.2) is 4.98 Å². The number of nitrogens with zero attached hydrogens (tertiary/aromatic N) is 1. The van der Waals surface area contributed by atoms with Gasteiger partial charge in [0.2, 0.25) is 0 Å². The third kappa shape index (κ3) is 3.46. The zero-order valence-electron chi connectivity index (χ0n) is 10.9. The maximum atomic E-state index is 10.8. The summed E-state index contributed by atoms with van der Waals surface area (Å²) in [6.07, 6.45) is 0. The summed E-state index contributed by atoms with van der Waals surface area (Å²) in [5.74, 6) is -0.336. The minimum Gasteiger partial charge on any atom is -0.494 e. The van der Waals surface area contributed by atoms with Gasteiger partial charge in [-0.05, 0) is 19.1 Å². The fourth-order valence-electron chi connectivity index (χ4n) is 1.57. The predicted octanol–water partition coefficient (Wildman–Crippen LogP) is 2.37. The number of carbonyl (C=O) groups is 1. The molecule has 1 aromatic carbocycles. The molecule has 0 saturated heterocycles. The van der Waals surface area contributed by atoms with E-state index in [9.17, 15) is 4.79 Å². The van der Waals surface area contributed by atoms with E-state index in [4.69, 9.17) is 15.6 Å². The summed E-state index contributed by atoms with van der Waals surface area (Å²) in [7, 11) is 0. The maximum absolute atomic E-state index is 10.8. The number of thiazole rings is 1. The molecule has 1 unspecified atom stereocenters. The molecule has 4 N–H and O–H groups in total. The van der Waals surface area contributed by atoms with Gasteiger partial charge in [-0.3, -0.25) is 4.79 Å². The van der Waals surface area contributed by atoms with Crippen LogP contribution in [0.1, 0.15) is 18.7 Å². The van der Waals surface area contributed by atoms with Crippen LogP contribution in [0.5, 0.6) is 5.75 Å². The predicted molar refractivity (Wildman–Crippen MR) is 77.6 cm³/mol. The normalized spacial score (nSPS) is 11.9. The number of nitrogens with two attached hydrogens (primary N) is 1. The molecule has 2 rings (SSSR count). The van der Waals surface area contributed by atoms with Crippen molar-refractivity contribution >= 4 is 28.1 Å². The van der Waals surface area contributed by atoms with Crippen LogP contribution in [0.2, 0.25) is 0 Å². The van der Waals surface area contributed by atoms with Gasteiger partial charge in [0.05, 0.1) is 12.3 Å². The monoisotopic (exact) mass is 293 g/mol. The molecule has 106 valence electrons. The van der Waals surface area contributed by atoms with Gasteiger partial charge in [-0.1, -0.05) is 6.07 Å². The van der Waals surface area contributed by atoms with Gasteiger partial charge in [0.15, 0.2) is 5.13 Å². The van der Waals surface area contributed by atoms with Crippen molar-refractivity contribution in [2.24, 2.45) is 5.73 Å². The Bertz CT molecular complexity index is 600. The Hall–Kier alpha value is -2.12. The minimum atomic E-state index is -1.10. The Balaban J connectivity index is 2.10. The van der Waals surface area contributed by atoms with Crippen molar-refractivity contribution in [3.8, 4) is 5.75 Å². The maximum Gasteiger partial charge on any atom is 0.326 e. The number of benzene rings is 1. The number of nitrogens with one attached hydrogen (secondary N) is 1. The smallest absolute Gasteiger partial charge is 0.326 e. The summed E-state index contributed by atoms with van der Waals surface area (Å²) in [6, 6.07) is 6.35. The van der Waals surface area contributed by atoms with E-state index >= 15 is 0 Å². The van der Waals surface area contributed by atoms with Crippen LogP contribution in [0.25, 0.3) is 0 Å². The highest BCUT2D eigenvalue weighted by Gasteiger charge is 2.17. The summed E-state index contributed by atoms with van der Waals surface area (Å²) < 4.78 is 5.40. The average molecular weight is 293 g/mol. The first-order valence-electron chi connectivity index (χ1n) is 6.04. The summed E-state index contributed by atoms with van der Waals surface area (Å²) in [5.41, 5.74) is 6.66. The second-order valence-corrected chi connectivity index (χ2v) is 4.84. The van der Waals surface area contributed by atoms with Crippen LogP contribution in [-0.2, 0) is 4.79 Å². The van der Waals surface area contributed by atoms with Crippen molar-refractivity contribution in [2.45, 2.75) is 13.0 Å². The second kappa shape index (κ2) is 6.36. The number of rotatable bonds is 6. The third-order valence-electron chi connectivity index (χ3n) is 2.50. The molecule has 0 saturated carbocycles. The van der Waals surface area contributed by atoms with Crippen LogP contribution in [0.4, 0.5) is 10.8 Å². The Labute approximate surface area is 120 Å². The third-order valence-corrected chi connectivity index (χ3v) is 3.28. The lowest BCUT2D eigenvalue weighted by Gasteiger charge is -2.06. The van der Waals surface area contributed by atoms with Crippen LogP contribution in [0.3, 0.4) is 0 Å². The lowest BCUT2D eigenvalue weighted by molar-refractivity contribution is -0.138. The largest absolute Gasteiger partial charge is 0.494 e. The lowest BCUT2D eigenvalue weighted by atomic mass is 10.2. The van der Waals surface area contributed by atoms with Gasteiger partial charge in [-0.15, -0.1) is 11.3 Å². The number of carboxylic acids is 1. The van der Waals surface area contributed by atoms with E-state index in [1.807, 2.05) is 31.2 Å². The van der Waals surface area contributed by atoms with Crippen LogP contribution < -0.4 is 15.8 Å². The van der Waals surface area contributed by atoms with Crippen LogP contribution in [0, 0.1) is 0 Å². The lowest BCUT2D eigenvalue weighted by Crippen LogP contribution is -2.20. The summed E-state index contributed by atoms with van der Waals surface area (Å²) in [4.78, 5) is 14.9. The van der Waals surface area contributed by atoms with E-state index in [0.717, 1.165) is 11.4 Å². The van der Waals surface area contributed by atoms with E-state index < -0.39 is 12.0 Å². The van der Waals surface area contributed by atoms with E-state index in [-0.39, 0.29) is 0 Å². The van der Waals surface area contributed by atoms with Crippen molar-refractivity contribution in [2.75, 3.05) is 11.9 Å². The van der Waals surface area contributed by atoms with Crippen LogP contribution >= 0.6 is 11.3 Å².